The molecule has 0 spiro atoms. The summed E-state index contributed by atoms with van der Waals surface area (Å²) in [6.07, 6.45) is 3.00. The van der Waals surface area contributed by atoms with Gasteiger partial charge in [0.05, 0.1) is 18.4 Å². The van der Waals surface area contributed by atoms with E-state index in [-0.39, 0.29) is 6.54 Å². The number of hydrogen-bond acceptors (Lipinski definition) is 4. The maximum Gasteiger partial charge on any atom is 0.313 e. The van der Waals surface area contributed by atoms with Crippen LogP contribution in [0.4, 0.5) is 5.69 Å². The van der Waals surface area contributed by atoms with Gasteiger partial charge >= 0.3 is 11.8 Å². The van der Waals surface area contributed by atoms with Crippen molar-refractivity contribution in [1.29, 1.82) is 0 Å². The van der Waals surface area contributed by atoms with Gasteiger partial charge in [0.25, 0.3) is 0 Å². The Hall–Kier alpha value is -2.73. The third-order valence-corrected chi connectivity index (χ3v) is 3.11. The fraction of sp³-hybridized carbons (Fsp3) is 0.188. The molecule has 6 nitrogen and oxygen atoms in total. The zero-order chi connectivity index (χ0) is 16.0. The van der Waals surface area contributed by atoms with E-state index in [1.807, 2.05) is 6.07 Å². The second-order valence-corrected chi connectivity index (χ2v) is 5.02. The summed E-state index contributed by atoms with van der Waals surface area (Å²) in [7, 11) is 0. The number of rotatable bonds is 4. The van der Waals surface area contributed by atoms with E-state index in [2.05, 4.69) is 15.6 Å². The molecule has 0 aliphatic rings. The van der Waals surface area contributed by atoms with Crippen molar-refractivity contribution in [3.8, 4) is 0 Å². The minimum atomic E-state index is -1.26. The van der Waals surface area contributed by atoms with Crippen molar-refractivity contribution in [2.24, 2.45) is 0 Å². The maximum absolute atomic E-state index is 11.8. The van der Waals surface area contributed by atoms with Gasteiger partial charge in [-0.05, 0) is 24.6 Å². The predicted octanol–water partition coefficient (Wildman–Crippen LogP) is 1.04. The molecule has 3 N–H and O–H groups in total. The van der Waals surface area contributed by atoms with Gasteiger partial charge in [0.2, 0.25) is 0 Å². The Bertz CT molecular complexity index is 642. The van der Waals surface area contributed by atoms with E-state index in [0.717, 1.165) is 0 Å². The van der Waals surface area contributed by atoms with E-state index in [4.69, 9.17) is 0 Å². The molecule has 0 bridgehead atoms. The molecule has 0 fully saturated rings. The van der Waals surface area contributed by atoms with Crippen LogP contribution >= 0.6 is 0 Å². The lowest BCUT2D eigenvalue weighted by Gasteiger charge is -2.24. The molecular weight excluding hydrogens is 282 g/mol. The van der Waals surface area contributed by atoms with Gasteiger partial charge in [-0.1, -0.05) is 30.3 Å². The largest absolute Gasteiger partial charge is 0.384 e. The molecule has 1 heterocycles. The van der Waals surface area contributed by atoms with Gasteiger partial charge in [-0.25, -0.2) is 0 Å². The van der Waals surface area contributed by atoms with Crippen LogP contribution in [0.15, 0.2) is 54.9 Å². The summed E-state index contributed by atoms with van der Waals surface area (Å²) in [5.41, 5.74) is -0.175. The lowest BCUT2D eigenvalue weighted by atomic mass is 9.96. The number of pyridine rings is 1. The van der Waals surface area contributed by atoms with E-state index in [9.17, 15) is 14.7 Å². The number of benzene rings is 1. The van der Waals surface area contributed by atoms with E-state index >= 15 is 0 Å². The van der Waals surface area contributed by atoms with Crippen LogP contribution in [0.25, 0.3) is 0 Å². The molecule has 1 aromatic heterocycles. The lowest BCUT2D eigenvalue weighted by molar-refractivity contribution is -0.136. The average Bonchev–Trinajstić information content (AvgIpc) is 2.54. The van der Waals surface area contributed by atoms with Gasteiger partial charge in [0.1, 0.15) is 5.60 Å². The minimum absolute atomic E-state index is 0.0731. The van der Waals surface area contributed by atoms with Crippen LogP contribution in [0.2, 0.25) is 0 Å². The van der Waals surface area contributed by atoms with Crippen molar-refractivity contribution in [2.75, 3.05) is 11.9 Å². The SMILES string of the molecule is CC(O)(CNC(=O)C(=O)Nc1cccnc1)c1ccccc1. The van der Waals surface area contributed by atoms with Crippen LogP contribution in [0, 0.1) is 0 Å². The topological polar surface area (TPSA) is 91.3 Å². The number of anilines is 1. The highest BCUT2D eigenvalue weighted by Crippen LogP contribution is 2.18. The smallest absolute Gasteiger partial charge is 0.313 e. The Labute approximate surface area is 128 Å². The Kier molecular flexibility index (Phi) is 4.85. The van der Waals surface area contributed by atoms with Crippen molar-refractivity contribution < 1.29 is 14.7 Å². The first-order valence-corrected chi connectivity index (χ1v) is 6.76. The van der Waals surface area contributed by atoms with Crippen molar-refractivity contribution in [3.05, 3.63) is 60.4 Å². The van der Waals surface area contributed by atoms with Crippen LogP contribution < -0.4 is 10.6 Å². The molecule has 2 rings (SSSR count). The number of carbonyl (C=O) groups excluding carboxylic acids is 2. The quantitative estimate of drug-likeness (QED) is 0.736. The number of nitrogens with zero attached hydrogens (tertiary/aromatic N) is 1. The molecule has 22 heavy (non-hydrogen) atoms. The number of nitrogens with one attached hydrogen (secondary N) is 2. The third-order valence-electron chi connectivity index (χ3n) is 3.11. The average molecular weight is 299 g/mol. The maximum atomic E-state index is 11.8. The van der Waals surface area contributed by atoms with E-state index in [0.29, 0.717) is 11.3 Å². The Morgan fingerprint density at radius 3 is 2.50 bits per heavy atom. The van der Waals surface area contributed by atoms with Gasteiger partial charge < -0.3 is 15.7 Å². The molecule has 2 amide bonds. The minimum Gasteiger partial charge on any atom is -0.384 e. The van der Waals surface area contributed by atoms with Crippen LogP contribution in [0.3, 0.4) is 0 Å². The number of aromatic nitrogens is 1. The van der Waals surface area contributed by atoms with Crippen LogP contribution in [-0.4, -0.2) is 28.4 Å². The fourth-order valence-electron chi connectivity index (χ4n) is 1.86. The molecule has 114 valence electrons. The Morgan fingerprint density at radius 1 is 1.14 bits per heavy atom. The molecule has 1 unspecified atom stereocenters. The van der Waals surface area contributed by atoms with E-state index < -0.39 is 17.4 Å². The summed E-state index contributed by atoms with van der Waals surface area (Å²) >= 11 is 0. The molecule has 1 aromatic carbocycles. The summed E-state index contributed by atoms with van der Waals surface area (Å²) in [5.74, 6) is -1.63. The highest BCUT2D eigenvalue weighted by molar-refractivity contribution is 6.39. The molecule has 0 saturated heterocycles. The zero-order valence-electron chi connectivity index (χ0n) is 12.1. The highest BCUT2D eigenvalue weighted by Gasteiger charge is 2.25. The summed E-state index contributed by atoms with van der Waals surface area (Å²) in [4.78, 5) is 27.3. The first-order chi connectivity index (χ1) is 10.5. The standard InChI is InChI=1S/C16H17N3O3/c1-16(22,12-6-3-2-4-7-12)11-18-14(20)15(21)19-13-8-5-9-17-10-13/h2-10,22H,11H2,1H3,(H,18,20)(H,19,21). The normalized spacial score (nSPS) is 13.0. The monoisotopic (exact) mass is 299 g/mol. The van der Waals surface area contributed by atoms with Gasteiger partial charge in [-0.15, -0.1) is 0 Å². The van der Waals surface area contributed by atoms with Crippen molar-refractivity contribution in [2.45, 2.75) is 12.5 Å². The zero-order valence-corrected chi connectivity index (χ0v) is 12.1. The van der Waals surface area contributed by atoms with Crippen LogP contribution in [0.1, 0.15) is 12.5 Å². The number of aliphatic hydroxyl groups is 1. The molecular formula is C16H17N3O3. The number of hydrogen-bond donors (Lipinski definition) is 3. The van der Waals surface area contributed by atoms with Crippen LogP contribution in [0.5, 0.6) is 0 Å². The molecule has 0 aliphatic heterocycles. The molecule has 2 aromatic rings. The second-order valence-electron chi connectivity index (χ2n) is 5.02. The summed E-state index contributed by atoms with van der Waals surface area (Å²) < 4.78 is 0. The van der Waals surface area contributed by atoms with Gasteiger partial charge in [-0.2, -0.15) is 0 Å². The van der Waals surface area contributed by atoms with E-state index in [1.165, 1.54) is 6.20 Å². The first kappa shape index (κ1) is 15.7. The predicted molar refractivity (Wildman–Crippen MR) is 81.9 cm³/mol. The summed E-state index contributed by atoms with van der Waals surface area (Å²) in [5, 5.41) is 15.2. The second kappa shape index (κ2) is 6.82. The summed E-state index contributed by atoms with van der Waals surface area (Å²) in [6, 6.07) is 12.2. The molecule has 1 atom stereocenters. The highest BCUT2D eigenvalue weighted by atomic mass is 16.3. The van der Waals surface area contributed by atoms with Gasteiger partial charge in [-0.3, -0.25) is 14.6 Å². The van der Waals surface area contributed by atoms with Crippen molar-refractivity contribution in [1.82, 2.24) is 10.3 Å². The molecule has 0 aliphatic carbocycles. The fourth-order valence-corrected chi connectivity index (χ4v) is 1.86. The Morgan fingerprint density at radius 2 is 1.86 bits per heavy atom. The van der Waals surface area contributed by atoms with E-state index in [1.54, 1.807) is 49.5 Å². The van der Waals surface area contributed by atoms with Gasteiger partial charge in [0.15, 0.2) is 0 Å². The molecule has 0 saturated carbocycles. The molecule has 0 radical (unpaired) electrons. The third kappa shape index (κ3) is 4.13. The summed E-state index contributed by atoms with van der Waals surface area (Å²) in [6.45, 7) is 1.50. The first-order valence-electron chi connectivity index (χ1n) is 6.76. The Balaban J connectivity index is 1.91. The molecule has 6 heteroatoms. The van der Waals surface area contributed by atoms with Crippen molar-refractivity contribution in [3.63, 3.8) is 0 Å². The van der Waals surface area contributed by atoms with Crippen molar-refractivity contribution >= 4 is 17.5 Å². The van der Waals surface area contributed by atoms with Gasteiger partial charge in [0, 0.05) is 6.20 Å². The lowest BCUT2D eigenvalue weighted by Crippen LogP contribution is -2.43. The van der Waals surface area contributed by atoms with Crippen LogP contribution in [-0.2, 0) is 15.2 Å². The number of carbonyl (C=O) groups is 2. The number of amides is 2.